The van der Waals surface area contributed by atoms with Gasteiger partial charge in [0.15, 0.2) is 16.6 Å². The normalized spacial score (nSPS) is 10.3. The molecule has 0 aliphatic carbocycles. The van der Waals surface area contributed by atoms with Gasteiger partial charge in [-0.15, -0.1) is 11.3 Å². The van der Waals surface area contributed by atoms with Crippen LogP contribution < -0.4 is 25.4 Å². The number of thiazole rings is 1. The lowest BCUT2D eigenvalue weighted by Crippen LogP contribution is -2.26. The average molecular weight is 444 g/mol. The van der Waals surface area contributed by atoms with Crippen molar-refractivity contribution in [3.05, 3.63) is 64.9 Å². The van der Waals surface area contributed by atoms with Crippen LogP contribution in [0.15, 0.2) is 47.8 Å². The molecule has 0 saturated carbocycles. The Morgan fingerprint density at radius 1 is 1.03 bits per heavy atom. The van der Waals surface area contributed by atoms with Gasteiger partial charge in [0, 0.05) is 17.6 Å². The van der Waals surface area contributed by atoms with Crippen LogP contribution in [-0.4, -0.2) is 37.7 Å². The molecule has 3 aromatic rings. The molecule has 0 atom stereocenters. The molecule has 3 N–H and O–H groups in total. The molecule has 0 saturated heterocycles. The fourth-order valence-electron chi connectivity index (χ4n) is 2.68. The van der Waals surface area contributed by atoms with E-state index < -0.39 is 11.8 Å². The molecule has 0 spiro atoms. The number of aromatic nitrogens is 1. The number of nitrogens with one attached hydrogen (secondary N) is 3. The van der Waals surface area contributed by atoms with Crippen LogP contribution >= 0.6 is 11.3 Å². The molecule has 0 bridgehead atoms. The number of hydrogen-bond acceptors (Lipinski definition) is 6. The van der Waals surface area contributed by atoms with Crippen LogP contribution in [0.3, 0.4) is 0 Å². The van der Waals surface area contributed by atoms with Crippen LogP contribution in [0, 0.1) is 5.82 Å². The molecule has 8 nitrogen and oxygen atoms in total. The van der Waals surface area contributed by atoms with Gasteiger partial charge in [-0.1, -0.05) is 6.07 Å². The molecule has 0 radical (unpaired) electrons. The van der Waals surface area contributed by atoms with Crippen molar-refractivity contribution in [3.8, 4) is 11.5 Å². The van der Waals surface area contributed by atoms with E-state index in [1.54, 1.807) is 19.6 Å². The third-order valence-electron chi connectivity index (χ3n) is 4.21. The van der Waals surface area contributed by atoms with Crippen LogP contribution in [0.5, 0.6) is 11.5 Å². The van der Waals surface area contributed by atoms with E-state index >= 15 is 0 Å². The summed E-state index contributed by atoms with van der Waals surface area (Å²) in [5.74, 6) is 0.526. The molecule has 0 unspecified atom stereocenters. The molecule has 162 valence electrons. The molecule has 3 rings (SSSR count). The van der Waals surface area contributed by atoms with E-state index in [2.05, 4.69) is 20.9 Å². The second-order valence-corrected chi connectivity index (χ2v) is 7.18. The predicted molar refractivity (Wildman–Crippen MR) is 117 cm³/mol. The van der Waals surface area contributed by atoms with Crippen molar-refractivity contribution >= 4 is 34.1 Å². The van der Waals surface area contributed by atoms with Gasteiger partial charge in [-0.2, -0.15) is 0 Å². The van der Waals surface area contributed by atoms with Crippen LogP contribution in [0.25, 0.3) is 0 Å². The number of methoxy groups -OCH3 is 2. The van der Waals surface area contributed by atoms with Crippen LogP contribution in [0.2, 0.25) is 0 Å². The number of carbonyl (C=O) groups excluding carboxylic acids is 2. The maximum atomic E-state index is 12.9. The Morgan fingerprint density at radius 3 is 2.48 bits per heavy atom. The van der Waals surface area contributed by atoms with E-state index in [-0.39, 0.29) is 16.7 Å². The number of halogens is 1. The number of carbonyl (C=O) groups is 2. The van der Waals surface area contributed by atoms with Crippen molar-refractivity contribution in [1.29, 1.82) is 0 Å². The summed E-state index contributed by atoms with van der Waals surface area (Å²) in [6, 6.07) is 10.4. The van der Waals surface area contributed by atoms with Crippen molar-refractivity contribution in [1.82, 2.24) is 10.3 Å². The van der Waals surface area contributed by atoms with E-state index in [9.17, 15) is 14.0 Å². The monoisotopic (exact) mass is 444 g/mol. The van der Waals surface area contributed by atoms with E-state index in [1.165, 1.54) is 24.3 Å². The number of ether oxygens (including phenoxy) is 2. The van der Waals surface area contributed by atoms with Crippen molar-refractivity contribution < 1.29 is 23.5 Å². The second-order valence-electron chi connectivity index (χ2n) is 6.32. The lowest BCUT2D eigenvalue weighted by atomic mass is 10.1. The Bertz CT molecular complexity index is 1060. The number of rotatable bonds is 8. The molecule has 0 aliphatic heterocycles. The summed E-state index contributed by atoms with van der Waals surface area (Å²) in [5.41, 5.74) is 1.62. The Kier molecular flexibility index (Phi) is 7.39. The van der Waals surface area contributed by atoms with Crippen molar-refractivity contribution in [2.75, 3.05) is 31.4 Å². The largest absolute Gasteiger partial charge is 0.493 e. The number of anilines is 2. The second kappa shape index (κ2) is 10.4. The van der Waals surface area contributed by atoms with Crippen molar-refractivity contribution in [2.24, 2.45) is 0 Å². The first-order valence-corrected chi connectivity index (χ1v) is 10.1. The summed E-state index contributed by atoms with van der Waals surface area (Å²) in [7, 11) is 3.14. The predicted octanol–water partition coefficient (Wildman–Crippen LogP) is 3.92. The van der Waals surface area contributed by atoms with E-state index in [1.807, 2.05) is 18.2 Å². The quantitative estimate of drug-likeness (QED) is 0.489. The summed E-state index contributed by atoms with van der Waals surface area (Å²) < 4.78 is 23.4. The molecule has 1 aromatic heterocycles. The first-order valence-electron chi connectivity index (χ1n) is 9.26. The average Bonchev–Trinajstić information content (AvgIpc) is 3.23. The first-order chi connectivity index (χ1) is 15.0. The van der Waals surface area contributed by atoms with Gasteiger partial charge in [0.05, 0.1) is 14.2 Å². The summed E-state index contributed by atoms with van der Waals surface area (Å²) in [4.78, 5) is 28.4. The molecule has 1 heterocycles. The zero-order chi connectivity index (χ0) is 22.2. The molecule has 0 aliphatic rings. The molecular formula is C21H21FN4O4S. The maximum absolute atomic E-state index is 12.9. The minimum Gasteiger partial charge on any atom is -0.493 e. The SMILES string of the molecule is COc1ccc(CCNC(=O)c2csc(NC(=O)Nc3ccc(F)cc3)n2)cc1OC. The zero-order valence-corrected chi connectivity index (χ0v) is 17.7. The minimum atomic E-state index is -0.540. The van der Waals surface area contributed by atoms with Crippen LogP contribution in [-0.2, 0) is 6.42 Å². The van der Waals surface area contributed by atoms with Crippen LogP contribution in [0.4, 0.5) is 20.0 Å². The molecule has 2 aromatic carbocycles. The standard InChI is InChI=1S/C21H21FN4O4S/c1-29-17-8-3-13(11-18(17)30-2)9-10-23-19(27)16-12-31-21(25-16)26-20(28)24-15-6-4-14(22)5-7-15/h3-8,11-12H,9-10H2,1-2H3,(H,23,27)(H2,24,25,26,28). The number of hydrogen-bond donors (Lipinski definition) is 3. The Hall–Kier alpha value is -3.66. The third kappa shape index (κ3) is 6.16. The summed E-state index contributed by atoms with van der Waals surface area (Å²) in [6.07, 6.45) is 0.599. The molecule has 3 amide bonds. The van der Waals surface area contributed by atoms with Crippen molar-refractivity contribution in [2.45, 2.75) is 6.42 Å². The lowest BCUT2D eigenvalue weighted by Gasteiger charge is -2.09. The van der Waals surface area contributed by atoms with Gasteiger partial charge in [0.2, 0.25) is 0 Å². The highest BCUT2D eigenvalue weighted by Crippen LogP contribution is 2.27. The Labute approximate surface area is 182 Å². The first kappa shape index (κ1) is 22.0. The topological polar surface area (TPSA) is 102 Å². The molecule has 0 fully saturated rings. The molecular weight excluding hydrogens is 423 g/mol. The van der Waals surface area contributed by atoms with E-state index in [0.29, 0.717) is 30.2 Å². The fraction of sp³-hybridized carbons (Fsp3) is 0.190. The van der Waals surface area contributed by atoms with Gasteiger partial charge in [-0.05, 0) is 48.4 Å². The van der Waals surface area contributed by atoms with Gasteiger partial charge in [-0.25, -0.2) is 14.2 Å². The fourth-order valence-corrected chi connectivity index (χ4v) is 3.36. The van der Waals surface area contributed by atoms with Gasteiger partial charge in [0.25, 0.3) is 5.91 Å². The number of urea groups is 1. The van der Waals surface area contributed by atoms with Crippen LogP contribution in [0.1, 0.15) is 16.1 Å². The third-order valence-corrected chi connectivity index (χ3v) is 4.96. The highest BCUT2D eigenvalue weighted by atomic mass is 32.1. The number of benzene rings is 2. The van der Waals surface area contributed by atoms with Gasteiger partial charge >= 0.3 is 6.03 Å². The zero-order valence-electron chi connectivity index (χ0n) is 16.9. The lowest BCUT2D eigenvalue weighted by molar-refractivity contribution is 0.0950. The minimum absolute atomic E-state index is 0.203. The maximum Gasteiger partial charge on any atom is 0.325 e. The molecule has 31 heavy (non-hydrogen) atoms. The van der Waals surface area contributed by atoms with Crippen molar-refractivity contribution in [3.63, 3.8) is 0 Å². The Balaban J connectivity index is 1.48. The Morgan fingerprint density at radius 2 is 1.77 bits per heavy atom. The van der Waals surface area contributed by atoms with Gasteiger partial charge in [-0.3, -0.25) is 10.1 Å². The molecule has 10 heteroatoms. The smallest absolute Gasteiger partial charge is 0.325 e. The number of nitrogens with zero attached hydrogens (tertiary/aromatic N) is 1. The summed E-state index contributed by atoms with van der Waals surface area (Å²) in [5, 5.41) is 9.72. The number of amides is 3. The summed E-state index contributed by atoms with van der Waals surface area (Å²) >= 11 is 1.12. The van der Waals surface area contributed by atoms with Gasteiger partial charge in [0.1, 0.15) is 11.5 Å². The highest BCUT2D eigenvalue weighted by Gasteiger charge is 2.13. The van der Waals surface area contributed by atoms with Gasteiger partial charge < -0.3 is 20.1 Å². The highest BCUT2D eigenvalue weighted by molar-refractivity contribution is 7.14. The van der Waals surface area contributed by atoms with E-state index in [0.717, 1.165) is 16.9 Å². The summed E-state index contributed by atoms with van der Waals surface area (Å²) in [6.45, 7) is 0.402. The van der Waals surface area contributed by atoms with E-state index in [4.69, 9.17) is 9.47 Å².